The quantitative estimate of drug-likeness (QED) is 0.709. The Morgan fingerprint density at radius 1 is 1.21 bits per heavy atom. The number of hydrogen-bond donors (Lipinski definition) is 2. The highest BCUT2D eigenvalue weighted by atomic mass is 15.1. The van der Waals surface area contributed by atoms with E-state index in [4.69, 9.17) is 0 Å². The predicted molar refractivity (Wildman–Crippen MR) is 62.5 cm³/mol. The molecule has 1 saturated heterocycles. The molecule has 0 aromatic heterocycles. The molecule has 2 N–H and O–H groups in total. The third kappa shape index (κ3) is 2.96. The predicted octanol–water partition coefficient (Wildman–Crippen LogP) is 2.01. The monoisotopic (exact) mass is 198 g/mol. The van der Waals surface area contributed by atoms with Gasteiger partial charge in [-0.15, -0.1) is 0 Å². The van der Waals surface area contributed by atoms with Gasteiger partial charge in [0.25, 0.3) is 0 Å². The van der Waals surface area contributed by atoms with Crippen molar-refractivity contribution in [2.45, 2.75) is 53.1 Å². The van der Waals surface area contributed by atoms with Crippen LogP contribution in [0.5, 0.6) is 0 Å². The van der Waals surface area contributed by atoms with Crippen LogP contribution in [0.3, 0.4) is 0 Å². The van der Waals surface area contributed by atoms with Gasteiger partial charge < -0.3 is 10.6 Å². The average molecular weight is 198 g/mol. The molecule has 0 spiro atoms. The summed E-state index contributed by atoms with van der Waals surface area (Å²) in [5, 5.41) is 7.33. The lowest BCUT2D eigenvalue weighted by molar-refractivity contribution is 0.191. The lowest BCUT2D eigenvalue weighted by Gasteiger charge is -2.40. The van der Waals surface area contributed by atoms with Crippen LogP contribution in [-0.4, -0.2) is 25.2 Å². The molecule has 0 saturated carbocycles. The number of piperazine rings is 1. The first kappa shape index (κ1) is 12.0. The van der Waals surface area contributed by atoms with Gasteiger partial charge in [0.05, 0.1) is 0 Å². The molecule has 84 valence electrons. The van der Waals surface area contributed by atoms with Crippen LogP contribution in [-0.2, 0) is 0 Å². The van der Waals surface area contributed by atoms with Crippen LogP contribution in [0.15, 0.2) is 0 Å². The molecule has 14 heavy (non-hydrogen) atoms. The van der Waals surface area contributed by atoms with Crippen LogP contribution in [0.2, 0.25) is 0 Å². The summed E-state index contributed by atoms with van der Waals surface area (Å²) in [4.78, 5) is 0. The lowest BCUT2D eigenvalue weighted by Crippen LogP contribution is -2.60. The van der Waals surface area contributed by atoms with Crippen molar-refractivity contribution in [2.75, 3.05) is 13.1 Å². The summed E-state index contributed by atoms with van der Waals surface area (Å²) in [5.74, 6) is 0.781. The van der Waals surface area contributed by atoms with Gasteiger partial charge in [0.1, 0.15) is 0 Å². The van der Waals surface area contributed by atoms with Gasteiger partial charge in [0, 0.05) is 25.2 Å². The minimum Gasteiger partial charge on any atom is -0.311 e. The van der Waals surface area contributed by atoms with Crippen LogP contribution < -0.4 is 10.6 Å². The fourth-order valence-corrected chi connectivity index (χ4v) is 1.98. The molecular weight excluding hydrogens is 172 g/mol. The fourth-order valence-electron chi connectivity index (χ4n) is 1.98. The molecule has 3 atom stereocenters. The first-order valence-corrected chi connectivity index (χ1v) is 5.92. The van der Waals surface area contributed by atoms with E-state index in [0.29, 0.717) is 17.5 Å². The van der Waals surface area contributed by atoms with E-state index < -0.39 is 0 Å². The largest absolute Gasteiger partial charge is 0.311 e. The van der Waals surface area contributed by atoms with E-state index >= 15 is 0 Å². The van der Waals surface area contributed by atoms with Crippen LogP contribution in [0.4, 0.5) is 0 Å². The zero-order valence-electron chi connectivity index (χ0n) is 10.4. The summed E-state index contributed by atoms with van der Waals surface area (Å²) in [6.45, 7) is 13.7. The Bertz CT molecular complexity index is 164. The SMILES string of the molecule is CCC(C)C1CNC(C(C)(C)C)CN1. The maximum Gasteiger partial charge on any atom is 0.0241 e. The van der Waals surface area contributed by atoms with E-state index in [1.807, 2.05) is 0 Å². The molecule has 1 fully saturated rings. The molecule has 2 heteroatoms. The highest BCUT2D eigenvalue weighted by Crippen LogP contribution is 2.21. The van der Waals surface area contributed by atoms with Gasteiger partial charge in [0.15, 0.2) is 0 Å². The maximum atomic E-state index is 3.66. The summed E-state index contributed by atoms with van der Waals surface area (Å²) in [7, 11) is 0. The van der Waals surface area contributed by atoms with Gasteiger partial charge in [-0.25, -0.2) is 0 Å². The molecular formula is C12H26N2. The summed E-state index contributed by atoms with van der Waals surface area (Å²) in [6, 6.07) is 1.28. The van der Waals surface area contributed by atoms with E-state index in [1.54, 1.807) is 0 Å². The molecule has 1 aliphatic rings. The third-order valence-electron chi connectivity index (χ3n) is 3.54. The number of nitrogens with one attached hydrogen (secondary N) is 2. The van der Waals surface area contributed by atoms with Gasteiger partial charge in [-0.2, -0.15) is 0 Å². The van der Waals surface area contributed by atoms with Gasteiger partial charge in [-0.05, 0) is 11.3 Å². The van der Waals surface area contributed by atoms with Crippen molar-refractivity contribution in [1.82, 2.24) is 10.6 Å². The minimum atomic E-state index is 0.368. The molecule has 1 aliphatic heterocycles. The smallest absolute Gasteiger partial charge is 0.0241 e. The molecule has 0 radical (unpaired) electrons. The Hall–Kier alpha value is -0.0800. The van der Waals surface area contributed by atoms with Crippen molar-refractivity contribution >= 4 is 0 Å². The molecule has 0 aromatic rings. The molecule has 0 amide bonds. The highest BCUT2D eigenvalue weighted by molar-refractivity contribution is 4.90. The van der Waals surface area contributed by atoms with Crippen molar-refractivity contribution in [3.63, 3.8) is 0 Å². The van der Waals surface area contributed by atoms with Crippen LogP contribution >= 0.6 is 0 Å². The first-order chi connectivity index (χ1) is 6.45. The molecule has 1 rings (SSSR count). The van der Waals surface area contributed by atoms with E-state index in [-0.39, 0.29) is 0 Å². The van der Waals surface area contributed by atoms with Crippen molar-refractivity contribution in [3.8, 4) is 0 Å². The zero-order valence-corrected chi connectivity index (χ0v) is 10.4. The Morgan fingerprint density at radius 2 is 1.86 bits per heavy atom. The molecule has 1 heterocycles. The summed E-state index contributed by atoms with van der Waals surface area (Å²) in [5.41, 5.74) is 0.368. The van der Waals surface area contributed by atoms with Crippen LogP contribution in [0.25, 0.3) is 0 Å². The minimum absolute atomic E-state index is 0.368. The summed E-state index contributed by atoms with van der Waals surface area (Å²) >= 11 is 0. The molecule has 3 unspecified atom stereocenters. The van der Waals surface area contributed by atoms with Crippen molar-refractivity contribution in [1.29, 1.82) is 0 Å². The second kappa shape index (κ2) is 4.63. The van der Waals surface area contributed by atoms with Crippen molar-refractivity contribution in [3.05, 3.63) is 0 Å². The van der Waals surface area contributed by atoms with Crippen molar-refractivity contribution in [2.24, 2.45) is 11.3 Å². The zero-order chi connectivity index (χ0) is 10.8. The average Bonchev–Trinajstić information content (AvgIpc) is 2.15. The third-order valence-corrected chi connectivity index (χ3v) is 3.54. The van der Waals surface area contributed by atoms with Crippen LogP contribution in [0.1, 0.15) is 41.0 Å². The molecule has 0 aromatic carbocycles. The van der Waals surface area contributed by atoms with E-state index in [0.717, 1.165) is 19.0 Å². The standard InChI is InChI=1S/C12H26N2/c1-6-9(2)10-7-14-11(8-13-10)12(3,4)5/h9-11,13-14H,6-8H2,1-5H3. The first-order valence-electron chi connectivity index (χ1n) is 5.92. The van der Waals surface area contributed by atoms with Gasteiger partial charge >= 0.3 is 0 Å². The number of rotatable bonds is 2. The second-order valence-corrected chi connectivity index (χ2v) is 5.73. The Kier molecular flexibility index (Phi) is 3.96. The normalized spacial score (nSPS) is 31.5. The van der Waals surface area contributed by atoms with Crippen molar-refractivity contribution < 1.29 is 0 Å². The van der Waals surface area contributed by atoms with Gasteiger partial charge in [-0.1, -0.05) is 41.0 Å². The molecule has 2 nitrogen and oxygen atoms in total. The summed E-state index contributed by atoms with van der Waals surface area (Å²) in [6.07, 6.45) is 1.26. The van der Waals surface area contributed by atoms with E-state index in [1.165, 1.54) is 6.42 Å². The highest BCUT2D eigenvalue weighted by Gasteiger charge is 2.30. The Labute approximate surface area is 88.8 Å². The summed E-state index contributed by atoms with van der Waals surface area (Å²) < 4.78 is 0. The topological polar surface area (TPSA) is 24.1 Å². The maximum absolute atomic E-state index is 3.66. The lowest BCUT2D eigenvalue weighted by atomic mass is 9.84. The van der Waals surface area contributed by atoms with E-state index in [9.17, 15) is 0 Å². The van der Waals surface area contributed by atoms with Crippen LogP contribution in [0, 0.1) is 11.3 Å². The van der Waals surface area contributed by atoms with Gasteiger partial charge in [-0.3, -0.25) is 0 Å². The number of hydrogen-bond acceptors (Lipinski definition) is 2. The fraction of sp³-hybridized carbons (Fsp3) is 1.00. The molecule has 0 aliphatic carbocycles. The van der Waals surface area contributed by atoms with E-state index in [2.05, 4.69) is 45.3 Å². The second-order valence-electron chi connectivity index (χ2n) is 5.73. The Balaban J connectivity index is 2.39. The van der Waals surface area contributed by atoms with Gasteiger partial charge in [0.2, 0.25) is 0 Å². The molecule has 0 bridgehead atoms. The Morgan fingerprint density at radius 3 is 2.21 bits per heavy atom.